The minimum absolute atomic E-state index is 0.130. The minimum atomic E-state index is -3.51. The van der Waals surface area contributed by atoms with Crippen molar-refractivity contribution >= 4 is 21.8 Å². The lowest BCUT2D eigenvalue weighted by Gasteiger charge is -2.35. The highest BCUT2D eigenvalue weighted by Crippen LogP contribution is 2.26. The van der Waals surface area contributed by atoms with Crippen molar-refractivity contribution in [1.29, 1.82) is 0 Å². The topological polar surface area (TPSA) is 74.8 Å². The summed E-state index contributed by atoms with van der Waals surface area (Å²) in [4.78, 5) is 25.2. The van der Waals surface area contributed by atoms with Crippen LogP contribution >= 0.6 is 0 Å². The molecule has 0 N–H and O–H groups in total. The zero-order valence-corrected chi connectivity index (χ0v) is 13.9. The number of amides is 2. The van der Waals surface area contributed by atoms with E-state index in [1.807, 2.05) is 13.0 Å². The van der Waals surface area contributed by atoms with Crippen LogP contribution in [0, 0.1) is 6.92 Å². The first kappa shape index (κ1) is 16.1. The molecule has 0 aliphatic carbocycles. The van der Waals surface area contributed by atoms with E-state index in [4.69, 9.17) is 0 Å². The molecule has 0 atom stereocenters. The van der Waals surface area contributed by atoms with Gasteiger partial charge in [0, 0.05) is 32.0 Å². The van der Waals surface area contributed by atoms with Crippen LogP contribution in [0.3, 0.4) is 0 Å². The number of piperidine rings is 1. The highest BCUT2D eigenvalue weighted by Gasteiger charge is 2.38. The van der Waals surface area contributed by atoms with Crippen molar-refractivity contribution in [2.24, 2.45) is 0 Å². The van der Waals surface area contributed by atoms with Gasteiger partial charge in [-0.3, -0.25) is 14.5 Å². The smallest absolute Gasteiger partial charge is 0.243 e. The molecule has 2 heterocycles. The third kappa shape index (κ3) is 3.03. The average Bonchev–Trinajstić information content (AvgIpc) is 2.86. The number of imide groups is 1. The summed E-state index contributed by atoms with van der Waals surface area (Å²) in [6, 6.07) is 6.69. The summed E-state index contributed by atoms with van der Waals surface area (Å²) in [5.74, 6) is -0.259. The predicted molar refractivity (Wildman–Crippen MR) is 84.0 cm³/mol. The monoisotopic (exact) mass is 336 g/mol. The van der Waals surface area contributed by atoms with Gasteiger partial charge in [-0.1, -0.05) is 12.1 Å². The van der Waals surface area contributed by atoms with Crippen LogP contribution in [0.15, 0.2) is 29.2 Å². The van der Waals surface area contributed by atoms with Crippen LogP contribution in [0.25, 0.3) is 0 Å². The summed E-state index contributed by atoms with van der Waals surface area (Å²) in [6.45, 7) is 2.52. The number of aryl methyl sites for hydroxylation is 1. The molecule has 6 nitrogen and oxygen atoms in total. The van der Waals surface area contributed by atoms with E-state index < -0.39 is 10.0 Å². The van der Waals surface area contributed by atoms with E-state index in [9.17, 15) is 18.0 Å². The Morgan fingerprint density at radius 3 is 2.22 bits per heavy atom. The molecular weight excluding hydrogens is 316 g/mol. The first-order valence-corrected chi connectivity index (χ1v) is 9.25. The van der Waals surface area contributed by atoms with Crippen LogP contribution in [0.5, 0.6) is 0 Å². The lowest BCUT2D eigenvalue weighted by atomic mass is 10.1. The molecule has 1 aromatic rings. The summed E-state index contributed by atoms with van der Waals surface area (Å²) in [6.07, 6.45) is 1.56. The molecule has 2 amide bonds. The van der Waals surface area contributed by atoms with Crippen LogP contribution in [0.2, 0.25) is 0 Å². The van der Waals surface area contributed by atoms with Crippen molar-refractivity contribution < 1.29 is 18.0 Å². The van der Waals surface area contributed by atoms with Gasteiger partial charge in [0.05, 0.1) is 4.90 Å². The van der Waals surface area contributed by atoms with Gasteiger partial charge >= 0.3 is 0 Å². The number of hydrogen-bond acceptors (Lipinski definition) is 4. The first-order chi connectivity index (χ1) is 10.9. The second-order valence-corrected chi connectivity index (χ2v) is 8.05. The average molecular weight is 336 g/mol. The maximum Gasteiger partial charge on any atom is 0.243 e. The van der Waals surface area contributed by atoms with Crippen molar-refractivity contribution in [1.82, 2.24) is 9.21 Å². The summed E-state index contributed by atoms with van der Waals surface area (Å²) >= 11 is 0. The molecular formula is C16H20N2O4S. The molecule has 3 rings (SSSR count). The van der Waals surface area contributed by atoms with Crippen molar-refractivity contribution in [2.75, 3.05) is 13.1 Å². The van der Waals surface area contributed by atoms with Crippen LogP contribution < -0.4 is 0 Å². The number of nitrogens with zero attached hydrogens (tertiary/aromatic N) is 2. The Kier molecular flexibility index (Phi) is 4.25. The minimum Gasteiger partial charge on any atom is -0.279 e. The molecule has 23 heavy (non-hydrogen) atoms. The Balaban J connectivity index is 1.71. The molecule has 124 valence electrons. The van der Waals surface area contributed by atoms with Crippen LogP contribution in [0.1, 0.15) is 31.2 Å². The third-order valence-electron chi connectivity index (χ3n) is 4.51. The lowest BCUT2D eigenvalue weighted by molar-refractivity contribution is -0.141. The zero-order chi connectivity index (χ0) is 16.6. The number of likely N-dealkylation sites (tertiary alicyclic amines) is 1. The van der Waals surface area contributed by atoms with Gasteiger partial charge < -0.3 is 0 Å². The normalized spacial score (nSPS) is 21.2. The summed E-state index contributed by atoms with van der Waals surface area (Å²) in [7, 11) is -3.51. The highest BCUT2D eigenvalue weighted by atomic mass is 32.2. The predicted octanol–water partition coefficient (Wildman–Crippen LogP) is 1.30. The molecule has 2 aliphatic heterocycles. The Labute approximate surface area is 136 Å². The van der Waals surface area contributed by atoms with E-state index in [0.29, 0.717) is 30.8 Å². The number of benzene rings is 1. The zero-order valence-electron chi connectivity index (χ0n) is 13.1. The summed E-state index contributed by atoms with van der Waals surface area (Å²) in [5.41, 5.74) is 0.897. The molecule has 7 heteroatoms. The second kappa shape index (κ2) is 6.05. The number of carbonyl (C=O) groups excluding carboxylic acids is 2. The van der Waals surface area contributed by atoms with E-state index >= 15 is 0 Å². The van der Waals surface area contributed by atoms with Gasteiger partial charge in [-0.15, -0.1) is 0 Å². The lowest BCUT2D eigenvalue weighted by Crippen LogP contribution is -2.48. The van der Waals surface area contributed by atoms with Crippen molar-refractivity contribution in [3.8, 4) is 0 Å². The first-order valence-electron chi connectivity index (χ1n) is 7.81. The fraction of sp³-hybridized carbons (Fsp3) is 0.500. The molecule has 2 saturated heterocycles. The molecule has 0 unspecified atom stereocenters. The van der Waals surface area contributed by atoms with Crippen LogP contribution in [-0.4, -0.2) is 48.6 Å². The Bertz CT molecular complexity index is 720. The maximum absolute atomic E-state index is 12.7. The fourth-order valence-electron chi connectivity index (χ4n) is 3.27. The molecule has 0 bridgehead atoms. The third-order valence-corrected chi connectivity index (χ3v) is 6.40. The van der Waals surface area contributed by atoms with Gasteiger partial charge in [-0.2, -0.15) is 4.31 Å². The summed E-state index contributed by atoms with van der Waals surface area (Å²) < 4.78 is 26.8. The number of hydrogen-bond donors (Lipinski definition) is 0. The van der Waals surface area contributed by atoms with Gasteiger partial charge in [0.15, 0.2) is 0 Å². The largest absolute Gasteiger partial charge is 0.279 e. The van der Waals surface area contributed by atoms with Crippen LogP contribution in [0.4, 0.5) is 0 Å². The Hall–Kier alpha value is -1.73. The molecule has 1 aromatic carbocycles. The van der Waals surface area contributed by atoms with Crippen molar-refractivity contribution in [3.63, 3.8) is 0 Å². The van der Waals surface area contributed by atoms with Gasteiger partial charge in [0.1, 0.15) is 0 Å². The fourth-order valence-corrected chi connectivity index (χ4v) is 4.84. The molecule has 2 fully saturated rings. The van der Waals surface area contributed by atoms with E-state index in [0.717, 1.165) is 5.56 Å². The molecule has 0 saturated carbocycles. The molecule has 0 aromatic heterocycles. The Morgan fingerprint density at radius 2 is 1.65 bits per heavy atom. The van der Waals surface area contributed by atoms with Gasteiger partial charge in [0.2, 0.25) is 21.8 Å². The maximum atomic E-state index is 12.7. The molecule has 0 spiro atoms. The Morgan fingerprint density at radius 1 is 1.04 bits per heavy atom. The van der Waals surface area contributed by atoms with Crippen molar-refractivity contribution in [2.45, 2.75) is 43.5 Å². The number of rotatable bonds is 3. The number of sulfonamides is 1. The highest BCUT2D eigenvalue weighted by molar-refractivity contribution is 7.89. The van der Waals surface area contributed by atoms with E-state index in [1.54, 1.807) is 18.2 Å². The second-order valence-electron chi connectivity index (χ2n) is 6.11. The quantitative estimate of drug-likeness (QED) is 0.780. The van der Waals surface area contributed by atoms with Gasteiger partial charge in [0.25, 0.3) is 0 Å². The van der Waals surface area contributed by atoms with E-state index in [-0.39, 0.29) is 30.7 Å². The van der Waals surface area contributed by atoms with E-state index in [2.05, 4.69) is 0 Å². The standard InChI is InChI=1S/C16H20N2O4S/c1-12-3-2-4-14(11-12)23(21,22)17-9-7-13(8-10-17)18-15(19)5-6-16(18)20/h2-4,11,13H,5-10H2,1H3. The number of carbonyl (C=O) groups is 2. The van der Waals surface area contributed by atoms with E-state index in [1.165, 1.54) is 9.21 Å². The van der Waals surface area contributed by atoms with Gasteiger partial charge in [-0.25, -0.2) is 8.42 Å². The van der Waals surface area contributed by atoms with Gasteiger partial charge in [-0.05, 0) is 37.5 Å². The van der Waals surface area contributed by atoms with Crippen LogP contribution in [-0.2, 0) is 19.6 Å². The van der Waals surface area contributed by atoms with Crippen molar-refractivity contribution in [3.05, 3.63) is 29.8 Å². The molecule has 0 radical (unpaired) electrons. The summed E-state index contributed by atoms with van der Waals surface area (Å²) in [5, 5.41) is 0. The SMILES string of the molecule is Cc1cccc(S(=O)(=O)N2CCC(N3C(=O)CCC3=O)CC2)c1. The molecule has 2 aliphatic rings.